The number of nitrogens with zero attached hydrogens (tertiary/aromatic N) is 1. The predicted octanol–water partition coefficient (Wildman–Crippen LogP) is 2.57. The third kappa shape index (κ3) is 4.29. The highest BCUT2D eigenvalue weighted by molar-refractivity contribution is 9.10. The molecule has 1 unspecified atom stereocenters. The Hall–Kier alpha value is -1.40. The minimum Gasteiger partial charge on any atom is -0.369 e. The summed E-state index contributed by atoms with van der Waals surface area (Å²) in [6.07, 6.45) is 5.77. The van der Waals surface area contributed by atoms with Gasteiger partial charge in [0.2, 0.25) is 11.8 Å². The molecular formula is C20H28BrN3O2. The number of carbonyl (C=O) groups is 2. The fraction of sp³-hybridized carbons (Fsp3) is 0.600. The van der Waals surface area contributed by atoms with Crippen molar-refractivity contribution in [2.75, 3.05) is 26.2 Å². The molecule has 1 atom stereocenters. The maximum absolute atomic E-state index is 12.8. The molecule has 0 aromatic heterocycles. The number of nitrogens with one attached hydrogen (secondary N) is 1. The molecule has 6 heteroatoms. The average Bonchev–Trinajstić information content (AvgIpc) is 2.59. The molecule has 3 N–H and O–H groups in total. The standard InChI is InChI=1S/C20H28BrN3O2/c21-17-7-5-16(6-8-17)20(9-2-10-20)19(26)23-11-3-13-24-12-1-4-15(14-24)18(22)25/h5-8,15H,1-4,9-14H2,(H2,22,25)(H,23,26). The molecular weight excluding hydrogens is 394 g/mol. The van der Waals surface area contributed by atoms with E-state index in [1.165, 1.54) is 0 Å². The molecule has 142 valence electrons. The highest BCUT2D eigenvalue weighted by Gasteiger charge is 2.45. The zero-order chi connectivity index (χ0) is 18.6. The number of hydrogen-bond donors (Lipinski definition) is 2. The summed E-state index contributed by atoms with van der Waals surface area (Å²) in [5.74, 6) is -0.0573. The highest BCUT2D eigenvalue weighted by atomic mass is 79.9. The van der Waals surface area contributed by atoms with E-state index in [2.05, 4.69) is 38.3 Å². The summed E-state index contributed by atoms with van der Waals surface area (Å²) in [6, 6.07) is 8.13. The van der Waals surface area contributed by atoms with Crippen LogP contribution in [-0.2, 0) is 15.0 Å². The molecule has 2 aliphatic rings. The number of amides is 2. The molecule has 1 aliphatic carbocycles. The van der Waals surface area contributed by atoms with Gasteiger partial charge in [0.1, 0.15) is 0 Å². The monoisotopic (exact) mass is 421 g/mol. The van der Waals surface area contributed by atoms with Crippen LogP contribution in [0.3, 0.4) is 0 Å². The van der Waals surface area contributed by atoms with Crippen molar-refractivity contribution in [2.24, 2.45) is 11.7 Å². The first-order valence-corrected chi connectivity index (χ1v) is 10.4. The first kappa shape index (κ1) is 19.4. The summed E-state index contributed by atoms with van der Waals surface area (Å²) in [5.41, 5.74) is 6.20. The maximum atomic E-state index is 12.8. The minimum atomic E-state index is -0.344. The first-order chi connectivity index (χ1) is 12.5. The highest BCUT2D eigenvalue weighted by Crippen LogP contribution is 2.44. The van der Waals surface area contributed by atoms with Gasteiger partial charge in [0.05, 0.1) is 11.3 Å². The van der Waals surface area contributed by atoms with Crippen molar-refractivity contribution in [3.05, 3.63) is 34.3 Å². The summed E-state index contributed by atoms with van der Waals surface area (Å²) in [6.45, 7) is 3.34. The number of piperidine rings is 1. The number of hydrogen-bond acceptors (Lipinski definition) is 3. The predicted molar refractivity (Wildman–Crippen MR) is 106 cm³/mol. The largest absolute Gasteiger partial charge is 0.369 e. The van der Waals surface area contributed by atoms with E-state index in [1.54, 1.807) is 0 Å². The molecule has 5 nitrogen and oxygen atoms in total. The Morgan fingerprint density at radius 2 is 1.96 bits per heavy atom. The normalized spacial score (nSPS) is 22.4. The van der Waals surface area contributed by atoms with Gasteiger partial charge in [-0.3, -0.25) is 9.59 Å². The molecule has 1 aromatic rings. The van der Waals surface area contributed by atoms with E-state index >= 15 is 0 Å². The molecule has 1 aromatic carbocycles. The van der Waals surface area contributed by atoms with Gasteiger partial charge in [-0.05, 0) is 62.9 Å². The Kier molecular flexibility index (Phi) is 6.35. The zero-order valence-electron chi connectivity index (χ0n) is 15.2. The van der Waals surface area contributed by atoms with Crippen LogP contribution in [0.4, 0.5) is 0 Å². The summed E-state index contributed by atoms with van der Waals surface area (Å²) < 4.78 is 1.03. The third-order valence-corrected chi connectivity index (χ3v) is 6.41. The number of primary amides is 1. The van der Waals surface area contributed by atoms with Crippen LogP contribution < -0.4 is 11.1 Å². The van der Waals surface area contributed by atoms with Crippen LogP contribution in [0.25, 0.3) is 0 Å². The summed E-state index contributed by atoms with van der Waals surface area (Å²) in [7, 11) is 0. The molecule has 1 heterocycles. The number of rotatable bonds is 7. The van der Waals surface area contributed by atoms with Crippen LogP contribution >= 0.6 is 15.9 Å². The van der Waals surface area contributed by atoms with E-state index in [0.29, 0.717) is 6.54 Å². The lowest BCUT2D eigenvalue weighted by Crippen LogP contribution is -2.49. The van der Waals surface area contributed by atoms with Crippen LogP contribution in [0.1, 0.15) is 44.1 Å². The fourth-order valence-corrected chi connectivity index (χ4v) is 4.38. The van der Waals surface area contributed by atoms with Gasteiger partial charge in [-0.25, -0.2) is 0 Å². The zero-order valence-corrected chi connectivity index (χ0v) is 16.8. The van der Waals surface area contributed by atoms with E-state index in [0.717, 1.165) is 68.2 Å². The van der Waals surface area contributed by atoms with Gasteiger partial charge in [0.25, 0.3) is 0 Å². The molecule has 1 saturated carbocycles. The average molecular weight is 422 g/mol. The Morgan fingerprint density at radius 3 is 2.58 bits per heavy atom. The smallest absolute Gasteiger partial charge is 0.230 e. The van der Waals surface area contributed by atoms with Crippen LogP contribution in [0.15, 0.2) is 28.7 Å². The maximum Gasteiger partial charge on any atom is 0.230 e. The molecule has 0 spiro atoms. The second kappa shape index (κ2) is 8.53. The Labute approximate surface area is 163 Å². The van der Waals surface area contributed by atoms with E-state index in [4.69, 9.17) is 5.73 Å². The topological polar surface area (TPSA) is 75.4 Å². The number of halogens is 1. The van der Waals surface area contributed by atoms with Gasteiger partial charge < -0.3 is 16.0 Å². The van der Waals surface area contributed by atoms with Crippen molar-refractivity contribution < 1.29 is 9.59 Å². The first-order valence-electron chi connectivity index (χ1n) is 9.57. The van der Waals surface area contributed by atoms with Crippen LogP contribution in [0.5, 0.6) is 0 Å². The Morgan fingerprint density at radius 1 is 1.23 bits per heavy atom. The lowest BCUT2D eigenvalue weighted by Gasteiger charge is -2.41. The van der Waals surface area contributed by atoms with Gasteiger partial charge in [-0.2, -0.15) is 0 Å². The van der Waals surface area contributed by atoms with E-state index in [9.17, 15) is 9.59 Å². The van der Waals surface area contributed by atoms with Gasteiger partial charge >= 0.3 is 0 Å². The van der Waals surface area contributed by atoms with Crippen molar-refractivity contribution in [1.29, 1.82) is 0 Å². The van der Waals surface area contributed by atoms with Crippen LogP contribution in [0, 0.1) is 5.92 Å². The Bertz CT molecular complexity index is 643. The van der Waals surface area contributed by atoms with Crippen molar-refractivity contribution in [2.45, 2.75) is 43.9 Å². The minimum absolute atomic E-state index is 0.0195. The molecule has 3 rings (SSSR count). The van der Waals surface area contributed by atoms with Gasteiger partial charge in [-0.1, -0.05) is 34.5 Å². The lowest BCUT2D eigenvalue weighted by molar-refractivity contribution is -0.130. The Balaban J connectivity index is 1.46. The molecule has 0 radical (unpaired) electrons. The molecule has 26 heavy (non-hydrogen) atoms. The number of carbonyl (C=O) groups excluding carboxylic acids is 2. The summed E-state index contributed by atoms with van der Waals surface area (Å²) >= 11 is 3.46. The van der Waals surface area contributed by atoms with Crippen molar-refractivity contribution >= 4 is 27.7 Å². The van der Waals surface area contributed by atoms with E-state index < -0.39 is 0 Å². The van der Waals surface area contributed by atoms with Crippen molar-refractivity contribution in [3.8, 4) is 0 Å². The lowest BCUT2D eigenvalue weighted by atomic mass is 9.64. The fourth-order valence-electron chi connectivity index (χ4n) is 4.11. The third-order valence-electron chi connectivity index (χ3n) is 5.88. The van der Waals surface area contributed by atoms with Crippen molar-refractivity contribution in [1.82, 2.24) is 10.2 Å². The number of benzene rings is 1. The SMILES string of the molecule is NC(=O)C1CCCN(CCCNC(=O)C2(c3ccc(Br)cc3)CCC2)C1. The van der Waals surface area contributed by atoms with Gasteiger partial charge in [0, 0.05) is 17.6 Å². The van der Waals surface area contributed by atoms with Gasteiger partial charge in [-0.15, -0.1) is 0 Å². The number of likely N-dealkylation sites (tertiary alicyclic amines) is 1. The molecule has 1 aliphatic heterocycles. The van der Waals surface area contributed by atoms with Crippen molar-refractivity contribution in [3.63, 3.8) is 0 Å². The summed E-state index contributed by atoms with van der Waals surface area (Å²) in [4.78, 5) is 26.5. The number of nitrogens with two attached hydrogens (primary N) is 1. The quantitative estimate of drug-likeness (QED) is 0.664. The van der Waals surface area contributed by atoms with Crippen LogP contribution in [0.2, 0.25) is 0 Å². The molecule has 2 amide bonds. The summed E-state index contributed by atoms with van der Waals surface area (Å²) in [5, 5.41) is 3.14. The molecule has 1 saturated heterocycles. The van der Waals surface area contributed by atoms with Gasteiger partial charge in [0.15, 0.2) is 0 Å². The second-order valence-electron chi connectivity index (χ2n) is 7.59. The second-order valence-corrected chi connectivity index (χ2v) is 8.51. The van der Waals surface area contributed by atoms with Crippen LogP contribution in [-0.4, -0.2) is 42.9 Å². The molecule has 0 bridgehead atoms. The van der Waals surface area contributed by atoms with E-state index in [-0.39, 0.29) is 23.1 Å². The molecule has 2 fully saturated rings. The van der Waals surface area contributed by atoms with E-state index in [1.807, 2.05) is 12.1 Å².